The van der Waals surface area contributed by atoms with Gasteiger partial charge in [-0.3, -0.25) is 0 Å². The summed E-state index contributed by atoms with van der Waals surface area (Å²) in [5.41, 5.74) is 1.36. The number of hydrogen-bond acceptors (Lipinski definition) is 1. The second kappa shape index (κ2) is 6.97. The molecule has 0 bridgehead atoms. The van der Waals surface area contributed by atoms with Gasteiger partial charge in [0.15, 0.2) is 9.40 Å². The van der Waals surface area contributed by atoms with Crippen molar-refractivity contribution in [2.24, 2.45) is 0 Å². The molecule has 0 fully saturated rings. The van der Waals surface area contributed by atoms with E-state index in [2.05, 4.69) is 67.3 Å². The number of rotatable bonds is 0. The van der Waals surface area contributed by atoms with Crippen LogP contribution in [0.2, 0.25) is 0 Å². The first kappa shape index (κ1) is 15.3. The lowest BCUT2D eigenvalue weighted by Gasteiger charge is -1.99. The molecule has 0 radical (unpaired) electrons. The second-order valence-electron chi connectivity index (χ2n) is 2.70. The van der Waals surface area contributed by atoms with E-state index >= 15 is 0 Å². The Morgan fingerprint density at radius 1 is 1.40 bits per heavy atom. The summed E-state index contributed by atoms with van der Waals surface area (Å²) in [4.78, 5) is 0. The van der Waals surface area contributed by atoms with Crippen molar-refractivity contribution in [3.8, 4) is 0 Å². The number of aryl methyl sites for hydroxylation is 1. The molecule has 0 saturated heterocycles. The van der Waals surface area contributed by atoms with Crippen molar-refractivity contribution >= 4 is 96.7 Å². The molecule has 0 N–H and O–H groups in total. The molecule has 0 spiro atoms. The van der Waals surface area contributed by atoms with E-state index in [9.17, 15) is 0 Å². The second-order valence-corrected chi connectivity index (χ2v) is 38.1. The van der Waals surface area contributed by atoms with E-state index in [1.54, 1.807) is 0 Å². The van der Waals surface area contributed by atoms with Crippen LogP contribution in [0.15, 0.2) is 18.2 Å². The fourth-order valence-corrected chi connectivity index (χ4v) is 5.66. The zero-order valence-corrected chi connectivity index (χ0v) is 16.8. The van der Waals surface area contributed by atoms with E-state index in [4.69, 9.17) is 10.0 Å². The van der Waals surface area contributed by atoms with Crippen molar-refractivity contribution in [1.29, 1.82) is 0 Å². The van der Waals surface area contributed by atoms with Crippen LogP contribution in [0, 0.1) is 6.92 Å². The van der Waals surface area contributed by atoms with E-state index in [1.807, 2.05) is 21.9 Å². The van der Waals surface area contributed by atoms with Gasteiger partial charge in [-0.15, -0.1) is 0 Å². The third-order valence-electron chi connectivity index (χ3n) is 1.37. The van der Waals surface area contributed by atoms with Crippen molar-refractivity contribution in [2.75, 3.05) is 0 Å². The van der Waals surface area contributed by atoms with Crippen LogP contribution in [0.25, 0.3) is 9.40 Å². The van der Waals surface area contributed by atoms with Crippen LogP contribution in [0.4, 0.5) is 0 Å². The first-order chi connectivity index (χ1) is 6.86. The molecule has 0 nitrogen and oxygen atoms in total. The van der Waals surface area contributed by atoms with Gasteiger partial charge >= 0.3 is 13.2 Å². The van der Waals surface area contributed by atoms with E-state index in [1.165, 1.54) is 21.5 Å². The number of hydrogen-bond donors (Lipinski definition) is 0. The molecule has 0 atom stereocenters. The highest BCUT2D eigenvalue weighted by molar-refractivity contribution is 9.74. The van der Waals surface area contributed by atoms with Crippen molar-refractivity contribution in [2.45, 2.75) is 6.92 Å². The molecule has 0 aliphatic heterocycles. The third-order valence-corrected chi connectivity index (χ3v) is 5.70. The number of fused-ring (bicyclic) bond motifs is 1. The molecule has 0 aliphatic carbocycles. The molecule has 2 rings (SSSR count). The lowest BCUT2D eigenvalue weighted by atomic mass is 10.2. The maximum atomic E-state index is 5.45. The Kier molecular flexibility index (Phi) is 7.10. The van der Waals surface area contributed by atoms with E-state index < -0.39 is 6.68 Å². The Balaban J connectivity index is 0.000000195. The molecule has 82 valence electrons. The average molecular weight is 487 g/mol. The Hall–Kier alpha value is 2.22. The van der Waals surface area contributed by atoms with Gasteiger partial charge in [0.1, 0.15) is 21.9 Å². The minimum atomic E-state index is -1.92. The quantitative estimate of drug-likeness (QED) is 0.278. The summed E-state index contributed by atoms with van der Waals surface area (Å²) in [6.45, 7) is 1.63. The molecule has 8 heteroatoms. The average Bonchev–Trinajstić information content (AvgIpc) is 2.47. The van der Waals surface area contributed by atoms with Gasteiger partial charge in [-0.25, -0.2) is 0 Å². The normalized spacial score (nSPS) is 11.5. The molecule has 15 heavy (non-hydrogen) atoms. The van der Waals surface area contributed by atoms with Gasteiger partial charge in [-0.05, 0) is 24.6 Å². The van der Waals surface area contributed by atoms with Crippen molar-refractivity contribution in [3.63, 3.8) is 0 Å². The standard InChI is InChI=1S/C7H6PS2.Al.3BrH.ClH/c1-5-2-3-6-7(4-5)10-8-9-6;;;;;/h2-4H,1H3;;4*1H/q+1;+3;;;;/p-4. The summed E-state index contributed by atoms with van der Waals surface area (Å²) in [5.74, 6) is 0. The van der Waals surface area contributed by atoms with Crippen LogP contribution in [-0.4, -0.2) is 6.68 Å². The predicted octanol–water partition coefficient (Wildman–Crippen LogP) is 6.98. The zero-order chi connectivity index (χ0) is 11.5. The van der Waals surface area contributed by atoms with Crippen LogP contribution < -0.4 is 0 Å². The van der Waals surface area contributed by atoms with Crippen molar-refractivity contribution < 1.29 is 0 Å². The summed E-state index contributed by atoms with van der Waals surface area (Å²) >= 11 is 9.42. The van der Waals surface area contributed by atoms with Crippen molar-refractivity contribution in [1.82, 2.24) is 0 Å². The fourth-order valence-electron chi connectivity index (χ4n) is 0.861. The fraction of sp³-hybridized carbons (Fsp3) is 0.143. The maximum Gasteiger partial charge on any atom is 0.477 e. The summed E-state index contributed by atoms with van der Waals surface area (Å²) in [6.07, 6.45) is 0. The van der Waals surface area contributed by atoms with Crippen LogP contribution in [-0.2, 0) is 0 Å². The van der Waals surface area contributed by atoms with Crippen LogP contribution in [0.3, 0.4) is 0 Å². The van der Waals surface area contributed by atoms with Gasteiger partial charge in [0.05, 0.1) is 0 Å². The minimum absolute atomic E-state index is 1.36. The smallest absolute Gasteiger partial charge is 0.405 e. The van der Waals surface area contributed by atoms with Crippen LogP contribution in [0.5, 0.6) is 0 Å². The van der Waals surface area contributed by atoms with E-state index in [0.29, 0.717) is 0 Å². The summed E-state index contributed by atoms with van der Waals surface area (Å²) in [6, 6.07) is 6.64. The van der Waals surface area contributed by atoms with E-state index in [-0.39, 0.29) is 0 Å². The molecule has 0 saturated carbocycles. The van der Waals surface area contributed by atoms with Gasteiger partial charge < -0.3 is 52.2 Å². The third kappa shape index (κ3) is 7.29. The molecule has 0 amide bonds. The number of halogens is 4. The molecule has 1 aromatic carbocycles. The lowest BCUT2D eigenvalue weighted by Crippen LogP contribution is -1.87. The highest BCUT2D eigenvalue weighted by Crippen LogP contribution is 2.35. The number of benzene rings is 1. The molecule has 0 unspecified atom stereocenters. The highest BCUT2D eigenvalue weighted by atomic mass is 80.0. The highest BCUT2D eigenvalue weighted by Gasteiger charge is 2.10. The van der Waals surface area contributed by atoms with Gasteiger partial charge in [-0.1, -0.05) is 6.07 Å². The Morgan fingerprint density at radius 2 is 2.00 bits per heavy atom. The minimum Gasteiger partial charge on any atom is -0.405 e. The van der Waals surface area contributed by atoms with Crippen LogP contribution >= 0.6 is 80.6 Å². The molecule has 1 aromatic heterocycles. The molecular formula is C7H6AlBr3ClPS2. The maximum absolute atomic E-state index is 5.45. The Bertz CT molecular complexity index is 439. The van der Waals surface area contributed by atoms with Gasteiger partial charge in [0.2, 0.25) is 0 Å². The first-order valence-corrected chi connectivity index (χ1v) is 18.9. The first-order valence-electron chi connectivity index (χ1n) is 3.88. The van der Waals surface area contributed by atoms with Gasteiger partial charge in [0, 0.05) is 0 Å². The SMILES string of the molecule is Cc1ccc2[s+]psc2c1.[Cl][Al-]([Br])([Br])[Br]. The monoisotopic (exact) mass is 484 g/mol. The molecular weight excluding hydrogens is 481 g/mol. The van der Waals surface area contributed by atoms with Crippen molar-refractivity contribution in [3.05, 3.63) is 23.8 Å². The molecule has 2 aromatic rings. The topological polar surface area (TPSA) is 0 Å². The van der Waals surface area contributed by atoms with Crippen LogP contribution in [0.1, 0.15) is 5.56 Å². The lowest BCUT2D eigenvalue weighted by molar-refractivity contribution is 1.52. The summed E-state index contributed by atoms with van der Waals surface area (Å²) in [5, 5.41) is 0. The Morgan fingerprint density at radius 3 is 2.60 bits per heavy atom. The van der Waals surface area contributed by atoms with Gasteiger partial charge in [-0.2, -0.15) is 0 Å². The summed E-state index contributed by atoms with van der Waals surface area (Å²) in [7, 11) is 9.28. The molecule has 0 aliphatic rings. The summed E-state index contributed by atoms with van der Waals surface area (Å²) < 4.78 is 2.89. The predicted molar refractivity (Wildman–Crippen MR) is 89.7 cm³/mol. The Labute approximate surface area is 125 Å². The zero-order valence-electron chi connectivity index (χ0n) is 7.58. The van der Waals surface area contributed by atoms with E-state index in [0.717, 1.165) is 0 Å². The van der Waals surface area contributed by atoms with Gasteiger partial charge in [0.25, 0.3) is 0 Å². The largest absolute Gasteiger partial charge is 0.477 e. The molecule has 1 heterocycles.